The predicted molar refractivity (Wildman–Crippen MR) is 61.4 cm³/mol. The molecule has 0 spiro atoms. The zero-order chi connectivity index (χ0) is 10.1. The summed E-state index contributed by atoms with van der Waals surface area (Å²) in [4.78, 5) is 0. The molecule has 14 heavy (non-hydrogen) atoms. The van der Waals surface area contributed by atoms with E-state index in [-0.39, 0.29) is 0 Å². The molecule has 0 atom stereocenters. The van der Waals surface area contributed by atoms with E-state index in [1.165, 1.54) is 10.9 Å². The van der Waals surface area contributed by atoms with Gasteiger partial charge in [0.05, 0.1) is 6.26 Å². The van der Waals surface area contributed by atoms with E-state index in [9.17, 15) is 0 Å². The van der Waals surface area contributed by atoms with Gasteiger partial charge in [-0.05, 0) is 43.1 Å². The van der Waals surface area contributed by atoms with Gasteiger partial charge in [0, 0.05) is 9.86 Å². The van der Waals surface area contributed by atoms with Gasteiger partial charge >= 0.3 is 0 Å². The summed E-state index contributed by atoms with van der Waals surface area (Å²) in [6.45, 7) is 2.70. The fourth-order valence-electron chi connectivity index (χ4n) is 1.67. The largest absolute Gasteiger partial charge is 0.464 e. The molecule has 74 valence electrons. The minimum Gasteiger partial charge on any atom is -0.464 e. The van der Waals surface area contributed by atoms with Crippen LogP contribution in [-0.4, -0.2) is 6.54 Å². The number of nitrogens with two attached hydrogens (primary N) is 1. The number of halogens is 1. The first-order valence-corrected chi connectivity index (χ1v) is 5.38. The van der Waals surface area contributed by atoms with E-state index in [0.29, 0.717) is 6.54 Å². The van der Waals surface area contributed by atoms with Crippen molar-refractivity contribution < 1.29 is 4.42 Å². The van der Waals surface area contributed by atoms with Crippen LogP contribution in [0, 0.1) is 6.92 Å². The molecular formula is C11H12BrNO. The van der Waals surface area contributed by atoms with Crippen molar-refractivity contribution in [2.24, 2.45) is 5.73 Å². The monoisotopic (exact) mass is 253 g/mol. The summed E-state index contributed by atoms with van der Waals surface area (Å²) in [6.07, 6.45) is 2.67. The summed E-state index contributed by atoms with van der Waals surface area (Å²) in [7, 11) is 0. The number of hydrogen-bond acceptors (Lipinski definition) is 2. The van der Waals surface area contributed by atoms with Crippen LogP contribution in [0.1, 0.15) is 11.1 Å². The van der Waals surface area contributed by atoms with Crippen LogP contribution in [0.4, 0.5) is 0 Å². The number of hydrogen-bond donors (Lipinski definition) is 1. The summed E-state index contributed by atoms with van der Waals surface area (Å²) >= 11 is 3.48. The van der Waals surface area contributed by atoms with Gasteiger partial charge in [-0.2, -0.15) is 0 Å². The predicted octanol–water partition coefficient (Wildman–Crippen LogP) is 3.00. The second-order valence-corrected chi connectivity index (χ2v) is 4.31. The maximum absolute atomic E-state index is 5.53. The molecular weight excluding hydrogens is 242 g/mol. The smallest absolute Gasteiger partial charge is 0.137 e. The topological polar surface area (TPSA) is 39.2 Å². The highest BCUT2D eigenvalue weighted by molar-refractivity contribution is 9.10. The van der Waals surface area contributed by atoms with Gasteiger partial charge in [0.2, 0.25) is 0 Å². The third kappa shape index (κ3) is 1.57. The fraction of sp³-hybridized carbons (Fsp3) is 0.273. The van der Waals surface area contributed by atoms with Crippen LogP contribution in [0.2, 0.25) is 0 Å². The Morgan fingerprint density at radius 1 is 1.43 bits per heavy atom. The van der Waals surface area contributed by atoms with Gasteiger partial charge in [0.15, 0.2) is 0 Å². The quantitative estimate of drug-likeness (QED) is 0.894. The van der Waals surface area contributed by atoms with E-state index in [4.69, 9.17) is 10.2 Å². The minimum atomic E-state index is 0.653. The number of aryl methyl sites for hydroxylation is 1. The highest BCUT2D eigenvalue weighted by Gasteiger charge is 2.08. The Balaban J connectivity index is 2.66. The van der Waals surface area contributed by atoms with Gasteiger partial charge in [0.1, 0.15) is 5.58 Å². The molecule has 2 rings (SSSR count). The zero-order valence-electron chi connectivity index (χ0n) is 8.01. The summed E-state index contributed by atoms with van der Waals surface area (Å²) in [5.74, 6) is 0. The second kappa shape index (κ2) is 3.75. The molecule has 0 saturated carbocycles. The molecule has 1 heterocycles. The minimum absolute atomic E-state index is 0.653. The number of benzene rings is 1. The third-order valence-corrected chi connectivity index (χ3v) is 2.78. The standard InChI is InChI=1S/C11H12BrNO/c1-7-4-9(12)5-10-8(2-3-13)6-14-11(7)10/h4-6H,2-3,13H2,1H3. The molecule has 1 aromatic heterocycles. The van der Waals surface area contributed by atoms with Crippen molar-refractivity contribution in [2.45, 2.75) is 13.3 Å². The molecule has 0 amide bonds. The molecule has 0 fully saturated rings. The first kappa shape index (κ1) is 9.74. The van der Waals surface area contributed by atoms with Crippen molar-refractivity contribution in [2.75, 3.05) is 6.54 Å². The van der Waals surface area contributed by atoms with Crippen LogP contribution in [0.15, 0.2) is 27.3 Å². The molecule has 0 radical (unpaired) electrons. The van der Waals surface area contributed by atoms with Gasteiger partial charge < -0.3 is 10.2 Å². The molecule has 2 aromatic rings. The fourth-order valence-corrected chi connectivity index (χ4v) is 2.24. The van der Waals surface area contributed by atoms with Crippen LogP contribution in [0.25, 0.3) is 11.0 Å². The van der Waals surface area contributed by atoms with Gasteiger partial charge in [-0.1, -0.05) is 15.9 Å². The van der Waals surface area contributed by atoms with Gasteiger partial charge in [-0.25, -0.2) is 0 Å². The van der Waals surface area contributed by atoms with Crippen molar-refractivity contribution >= 4 is 26.9 Å². The molecule has 0 unspecified atom stereocenters. The van der Waals surface area contributed by atoms with Crippen LogP contribution in [-0.2, 0) is 6.42 Å². The molecule has 0 aliphatic heterocycles. The molecule has 0 aliphatic carbocycles. The molecule has 3 heteroatoms. The molecule has 2 N–H and O–H groups in total. The van der Waals surface area contributed by atoms with Crippen LogP contribution in [0.3, 0.4) is 0 Å². The lowest BCUT2D eigenvalue weighted by Crippen LogP contribution is -2.01. The van der Waals surface area contributed by atoms with Crippen LogP contribution >= 0.6 is 15.9 Å². The highest BCUT2D eigenvalue weighted by atomic mass is 79.9. The Morgan fingerprint density at radius 3 is 2.93 bits per heavy atom. The summed E-state index contributed by atoms with van der Waals surface area (Å²) in [5.41, 5.74) is 8.84. The normalized spacial score (nSPS) is 11.1. The van der Waals surface area contributed by atoms with Crippen LogP contribution in [0.5, 0.6) is 0 Å². The van der Waals surface area contributed by atoms with Gasteiger partial charge in [-0.3, -0.25) is 0 Å². The number of fused-ring (bicyclic) bond motifs is 1. The average molecular weight is 254 g/mol. The lowest BCUT2D eigenvalue weighted by Gasteiger charge is -1.98. The van der Waals surface area contributed by atoms with Gasteiger partial charge in [0.25, 0.3) is 0 Å². The van der Waals surface area contributed by atoms with Gasteiger partial charge in [-0.15, -0.1) is 0 Å². The van der Waals surface area contributed by atoms with E-state index < -0.39 is 0 Å². The lowest BCUT2D eigenvalue weighted by molar-refractivity contribution is 0.608. The lowest BCUT2D eigenvalue weighted by atomic mass is 10.1. The summed E-state index contributed by atoms with van der Waals surface area (Å²) < 4.78 is 6.60. The van der Waals surface area contributed by atoms with E-state index in [1.807, 2.05) is 6.92 Å². The number of furan rings is 1. The Labute approximate surface area is 91.2 Å². The zero-order valence-corrected chi connectivity index (χ0v) is 9.60. The molecule has 0 aliphatic rings. The Bertz CT molecular complexity index is 462. The van der Waals surface area contributed by atoms with Crippen molar-refractivity contribution in [1.29, 1.82) is 0 Å². The van der Waals surface area contributed by atoms with E-state index >= 15 is 0 Å². The maximum Gasteiger partial charge on any atom is 0.137 e. The Morgan fingerprint density at radius 2 is 2.21 bits per heavy atom. The van der Waals surface area contributed by atoms with E-state index in [0.717, 1.165) is 22.0 Å². The van der Waals surface area contributed by atoms with Crippen molar-refractivity contribution in [1.82, 2.24) is 0 Å². The summed E-state index contributed by atoms with van der Waals surface area (Å²) in [5, 5.41) is 1.17. The molecule has 0 bridgehead atoms. The highest BCUT2D eigenvalue weighted by Crippen LogP contribution is 2.28. The van der Waals surface area contributed by atoms with Crippen molar-refractivity contribution in [3.63, 3.8) is 0 Å². The van der Waals surface area contributed by atoms with Crippen molar-refractivity contribution in [3.8, 4) is 0 Å². The van der Waals surface area contributed by atoms with E-state index in [2.05, 4.69) is 28.1 Å². The molecule has 1 aromatic carbocycles. The van der Waals surface area contributed by atoms with Crippen LogP contribution < -0.4 is 5.73 Å². The van der Waals surface area contributed by atoms with Crippen molar-refractivity contribution in [3.05, 3.63) is 34.0 Å². The maximum atomic E-state index is 5.53. The molecule has 2 nitrogen and oxygen atoms in total. The Hall–Kier alpha value is -0.800. The average Bonchev–Trinajstić information content (AvgIpc) is 2.49. The summed E-state index contributed by atoms with van der Waals surface area (Å²) in [6, 6.07) is 4.13. The Kier molecular flexibility index (Phi) is 2.61. The SMILES string of the molecule is Cc1cc(Br)cc2c(CCN)coc12. The third-order valence-electron chi connectivity index (χ3n) is 2.32. The first-order chi connectivity index (χ1) is 6.72. The molecule has 0 saturated heterocycles. The number of rotatable bonds is 2. The first-order valence-electron chi connectivity index (χ1n) is 4.58. The second-order valence-electron chi connectivity index (χ2n) is 3.40. The van der Waals surface area contributed by atoms with E-state index in [1.54, 1.807) is 6.26 Å².